The number of benzene rings is 1. The highest BCUT2D eigenvalue weighted by Gasteiger charge is 2.10. The minimum absolute atomic E-state index is 0.228. The highest BCUT2D eigenvalue weighted by atomic mass is 16.5. The second-order valence-corrected chi connectivity index (χ2v) is 5.82. The molecule has 0 aliphatic rings. The predicted molar refractivity (Wildman–Crippen MR) is 102 cm³/mol. The van der Waals surface area contributed by atoms with Crippen molar-refractivity contribution in [3.8, 4) is 17.3 Å². The number of rotatable bonds is 7. The molecule has 4 rings (SSSR count). The van der Waals surface area contributed by atoms with E-state index in [-0.39, 0.29) is 12.5 Å². The number of nitrogens with one attached hydrogen (secondary N) is 1. The average molecular weight is 375 g/mol. The maximum Gasteiger partial charge on any atom is 0.244 e. The summed E-state index contributed by atoms with van der Waals surface area (Å²) in [7, 11) is 0. The van der Waals surface area contributed by atoms with Gasteiger partial charge in [0.25, 0.3) is 0 Å². The van der Waals surface area contributed by atoms with Crippen LogP contribution in [-0.4, -0.2) is 38.9 Å². The van der Waals surface area contributed by atoms with Gasteiger partial charge in [-0.1, -0.05) is 30.3 Å². The summed E-state index contributed by atoms with van der Waals surface area (Å²) in [5, 5.41) is 15.5. The first-order valence-electron chi connectivity index (χ1n) is 8.70. The van der Waals surface area contributed by atoms with Crippen molar-refractivity contribution in [2.24, 2.45) is 0 Å². The smallest absolute Gasteiger partial charge is 0.244 e. The largest absolute Gasteiger partial charge is 0.475 e. The average Bonchev–Trinajstić information content (AvgIpc) is 3.40. The van der Waals surface area contributed by atoms with Gasteiger partial charge in [-0.3, -0.25) is 4.79 Å². The Hall–Kier alpha value is -3.94. The summed E-state index contributed by atoms with van der Waals surface area (Å²) >= 11 is 0. The second-order valence-electron chi connectivity index (χ2n) is 5.82. The molecule has 1 aromatic carbocycles. The quantitative estimate of drug-likeness (QED) is 0.394. The second kappa shape index (κ2) is 8.17. The lowest BCUT2D eigenvalue weighted by Crippen LogP contribution is -2.26. The summed E-state index contributed by atoms with van der Waals surface area (Å²) in [5.41, 5.74) is 1.54. The fraction of sp³-hybridized carbons (Fsp3) is 0.100. The maximum atomic E-state index is 11.8. The number of nitrogens with zero attached hydrogens (tertiary/aromatic N) is 4. The van der Waals surface area contributed by atoms with Gasteiger partial charge in [-0.05, 0) is 24.3 Å². The topological polar surface area (TPSA) is 94.5 Å². The van der Waals surface area contributed by atoms with Crippen LogP contribution in [0.15, 0.2) is 71.4 Å². The lowest BCUT2D eigenvalue weighted by molar-refractivity contribution is -0.116. The number of carbonyl (C=O) groups excluding carboxylic acids is 1. The Kier molecular flexibility index (Phi) is 5.10. The van der Waals surface area contributed by atoms with E-state index in [1.165, 1.54) is 6.08 Å². The van der Waals surface area contributed by atoms with Crippen molar-refractivity contribution in [1.82, 2.24) is 25.1 Å². The number of amides is 1. The molecule has 3 heterocycles. The molecule has 0 saturated heterocycles. The first-order chi connectivity index (χ1) is 13.8. The third-order valence-corrected chi connectivity index (χ3v) is 3.86. The van der Waals surface area contributed by atoms with Gasteiger partial charge in [0.1, 0.15) is 12.4 Å². The molecule has 140 valence electrons. The van der Waals surface area contributed by atoms with Crippen LogP contribution in [0, 0.1) is 0 Å². The van der Waals surface area contributed by atoms with Crippen LogP contribution in [0.5, 0.6) is 5.88 Å². The summed E-state index contributed by atoms with van der Waals surface area (Å²) in [5.74, 6) is 1.45. The standard InChI is InChI=1S/C20H17N5O3/c26-18(10-8-16-7-4-13-27-16)21-12-14-28-19-11-9-17-22-23-20(25(17)24-19)15-5-2-1-3-6-15/h1-11,13H,12,14H2,(H,21,26)/b10-8+. The number of aromatic nitrogens is 4. The van der Waals surface area contributed by atoms with Crippen LogP contribution in [0.4, 0.5) is 0 Å². The molecular formula is C20H17N5O3. The van der Waals surface area contributed by atoms with Crippen LogP contribution in [0.3, 0.4) is 0 Å². The van der Waals surface area contributed by atoms with E-state index >= 15 is 0 Å². The monoisotopic (exact) mass is 375 g/mol. The zero-order valence-electron chi connectivity index (χ0n) is 14.9. The minimum Gasteiger partial charge on any atom is -0.475 e. The Morgan fingerprint density at radius 1 is 1.11 bits per heavy atom. The number of carbonyl (C=O) groups is 1. The Balaban J connectivity index is 1.34. The Morgan fingerprint density at radius 3 is 2.82 bits per heavy atom. The SMILES string of the molecule is O=C(/C=C/c1ccco1)NCCOc1ccc2nnc(-c3ccccc3)n2n1. The Labute approximate surface area is 160 Å². The fourth-order valence-corrected chi connectivity index (χ4v) is 2.55. The number of fused-ring (bicyclic) bond motifs is 1. The third kappa shape index (κ3) is 4.07. The van der Waals surface area contributed by atoms with Gasteiger partial charge in [-0.15, -0.1) is 15.3 Å². The molecule has 28 heavy (non-hydrogen) atoms. The first-order valence-corrected chi connectivity index (χ1v) is 8.70. The zero-order chi connectivity index (χ0) is 19.2. The van der Waals surface area contributed by atoms with Crippen LogP contribution in [0.2, 0.25) is 0 Å². The Bertz CT molecular complexity index is 1090. The van der Waals surface area contributed by atoms with Gasteiger partial charge in [-0.2, -0.15) is 4.52 Å². The van der Waals surface area contributed by atoms with Crippen LogP contribution in [-0.2, 0) is 4.79 Å². The summed E-state index contributed by atoms with van der Waals surface area (Å²) in [4.78, 5) is 11.8. The molecule has 8 nitrogen and oxygen atoms in total. The van der Waals surface area contributed by atoms with Crippen LogP contribution >= 0.6 is 0 Å². The molecule has 4 aromatic rings. The number of furan rings is 1. The summed E-state index contributed by atoms with van der Waals surface area (Å²) in [6.45, 7) is 0.621. The van der Waals surface area contributed by atoms with Gasteiger partial charge in [0, 0.05) is 17.7 Å². The van der Waals surface area contributed by atoms with E-state index in [0.717, 1.165) is 5.56 Å². The van der Waals surface area contributed by atoms with Crippen molar-refractivity contribution in [3.63, 3.8) is 0 Å². The number of hydrogen-bond acceptors (Lipinski definition) is 6. The maximum absolute atomic E-state index is 11.8. The van der Waals surface area contributed by atoms with Crippen LogP contribution in [0.25, 0.3) is 23.1 Å². The fourth-order valence-electron chi connectivity index (χ4n) is 2.55. The summed E-state index contributed by atoms with van der Waals surface area (Å²) < 4.78 is 12.4. The molecule has 0 aliphatic carbocycles. The molecular weight excluding hydrogens is 358 g/mol. The van der Waals surface area contributed by atoms with E-state index in [0.29, 0.717) is 29.7 Å². The molecule has 0 unspecified atom stereocenters. The molecule has 8 heteroatoms. The minimum atomic E-state index is -0.228. The van der Waals surface area contributed by atoms with Crippen molar-refractivity contribution in [2.45, 2.75) is 0 Å². The van der Waals surface area contributed by atoms with Gasteiger partial charge in [-0.25, -0.2) is 0 Å². The van der Waals surface area contributed by atoms with Crippen LogP contribution < -0.4 is 10.1 Å². The van der Waals surface area contributed by atoms with Gasteiger partial charge in [0.15, 0.2) is 11.5 Å². The highest BCUT2D eigenvalue weighted by Crippen LogP contribution is 2.18. The molecule has 0 spiro atoms. The van der Waals surface area contributed by atoms with E-state index in [4.69, 9.17) is 9.15 Å². The molecule has 0 aliphatic heterocycles. The van der Waals surface area contributed by atoms with E-state index in [1.54, 1.807) is 41.1 Å². The highest BCUT2D eigenvalue weighted by molar-refractivity contribution is 5.91. The summed E-state index contributed by atoms with van der Waals surface area (Å²) in [6.07, 6.45) is 4.56. The molecule has 0 radical (unpaired) electrons. The van der Waals surface area contributed by atoms with Crippen molar-refractivity contribution in [2.75, 3.05) is 13.2 Å². The molecule has 0 bridgehead atoms. The summed E-state index contributed by atoms with van der Waals surface area (Å²) in [6, 6.07) is 16.7. The molecule has 3 aromatic heterocycles. The molecule has 1 N–H and O–H groups in total. The number of ether oxygens (including phenoxy) is 1. The molecule has 0 saturated carbocycles. The van der Waals surface area contributed by atoms with Gasteiger partial charge in [0.05, 0.1) is 12.8 Å². The van der Waals surface area contributed by atoms with E-state index in [9.17, 15) is 4.79 Å². The third-order valence-electron chi connectivity index (χ3n) is 3.86. The van der Waals surface area contributed by atoms with E-state index < -0.39 is 0 Å². The zero-order valence-corrected chi connectivity index (χ0v) is 14.9. The van der Waals surface area contributed by atoms with Crippen molar-refractivity contribution >= 4 is 17.6 Å². The van der Waals surface area contributed by atoms with E-state index in [1.807, 2.05) is 30.3 Å². The molecule has 0 atom stereocenters. The lowest BCUT2D eigenvalue weighted by Gasteiger charge is -2.06. The predicted octanol–water partition coefficient (Wildman–Crippen LogP) is 2.59. The lowest BCUT2D eigenvalue weighted by atomic mass is 10.2. The van der Waals surface area contributed by atoms with Gasteiger partial charge in [0.2, 0.25) is 11.8 Å². The Morgan fingerprint density at radius 2 is 2.00 bits per heavy atom. The van der Waals surface area contributed by atoms with Gasteiger partial charge < -0.3 is 14.5 Å². The van der Waals surface area contributed by atoms with Gasteiger partial charge >= 0.3 is 0 Å². The van der Waals surface area contributed by atoms with E-state index in [2.05, 4.69) is 20.6 Å². The van der Waals surface area contributed by atoms with Crippen LogP contribution in [0.1, 0.15) is 5.76 Å². The number of hydrogen-bond donors (Lipinski definition) is 1. The van der Waals surface area contributed by atoms with Crippen molar-refractivity contribution in [3.05, 3.63) is 72.7 Å². The first kappa shape index (κ1) is 17.5. The molecule has 1 amide bonds. The van der Waals surface area contributed by atoms with Crippen molar-refractivity contribution < 1.29 is 13.9 Å². The normalized spacial score (nSPS) is 11.1. The molecule has 0 fully saturated rings. The van der Waals surface area contributed by atoms with Crippen molar-refractivity contribution in [1.29, 1.82) is 0 Å².